The molecule has 17 heavy (non-hydrogen) atoms. The summed E-state index contributed by atoms with van der Waals surface area (Å²) in [5.41, 5.74) is 4.88. The number of carboxylic acid groups (broad SMARTS) is 1. The Morgan fingerprint density at radius 1 is 1.59 bits per heavy atom. The van der Waals surface area contributed by atoms with E-state index in [2.05, 4.69) is 15.6 Å². The first kappa shape index (κ1) is 12.6. The predicted octanol–water partition coefficient (Wildman–Crippen LogP) is -2.03. The Morgan fingerprint density at radius 2 is 2.24 bits per heavy atom. The summed E-state index contributed by atoms with van der Waals surface area (Å²) in [6.07, 6.45) is 1.16. The molecule has 1 rings (SSSR count). The number of carboxylic acids is 1. The van der Waals surface area contributed by atoms with Crippen LogP contribution in [0, 0.1) is 0 Å². The highest BCUT2D eigenvalue weighted by Gasteiger charge is 2.16. The maximum Gasteiger partial charge on any atom is 0.325 e. The van der Waals surface area contributed by atoms with Crippen molar-refractivity contribution in [2.24, 2.45) is 5.73 Å². The molecule has 1 atom stereocenters. The van der Waals surface area contributed by atoms with Crippen molar-refractivity contribution >= 4 is 17.8 Å². The third kappa shape index (κ3) is 3.55. The first-order valence-corrected chi connectivity index (χ1v) is 4.62. The number of amides is 2. The number of nitrogens with two attached hydrogens (primary N) is 1. The fraction of sp³-hybridized carbons (Fsp3) is 0.375. The Labute approximate surface area is 95.6 Å². The van der Waals surface area contributed by atoms with Crippen LogP contribution in [-0.2, 0) is 16.1 Å². The molecule has 0 fully saturated rings. The molecule has 0 aromatic carbocycles. The van der Waals surface area contributed by atoms with Gasteiger partial charge in [-0.15, -0.1) is 5.10 Å². The smallest absolute Gasteiger partial charge is 0.325 e. The lowest BCUT2D eigenvalue weighted by Crippen LogP contribution is -2.42. The number of hydrogen-bond acceptors (Lipinski definition) is 5. The highest BCUT2D eigenvalue weighted by Crippen LogP contribution is 1.94. The number of nitrogens with zero attached hydrogens (tertiary/aromatic N) is 3. The minimum absolute atomic E-state index is 0.0839. The van der Waals surface area contributed by atoms with E-state index in [0.29, 0.717) is 0 Å². The van der Waals surface area contributed by atoms with Crippen molar-refractivity contribution in [1.29, 1.82) is 0 Å². The van der Waals surface area contributed by atoms with Gasteiger partial charge < -0.3 is 16.2 Å². The van der Waals surface area contributed by atoms with Crippen LogP contribution in [0.4, 0.5) is 0 Å². The molecule has 0 bridgehead atoms. The average molecular weight is 241 g/mol. The molecule has 0 radical (unpaired) electrons. The summed E-state index contributed by atoms with van der Waals surface area (Å²) in [7, 11) is 0. The number of aliphatic carboxylic acids is 1. The molecular formula is C8H11N5O4. The molecule has 0 saturated heterocycles. The average Bonchev–Trinajstić information content (AvgIpc) is 2.64. The van der Waals surface area contributed by atoms with Crippen LogP contribution in [0.5, 0.6) is 0 Å². The summed E-state index contributed by atoms with van der Waals surface area (Å²) in [6, 6.07) is -0.841. The fourth-order valence-electron chi connectivity index (χ4n) is 0.960. The number of primary amides is 1. The monoisotopic (exact) mass is 241 g/mol. The number of rotatable bonds is 5. The van der Waals surface area contributed by atoms with Crippen LogP contribution in [-0.4, -0.2) is 43.9 Å². The molecule has 1 aromatic heterocycles. The number of nitrogens with one attached hydrogen (secondary N) is 1. The van der Waals surface area contributed by atoms with Crippen molar-refractivity contribution < 1.29 is 19.5 Å². The number of carbonyl (C=O) groups excluding carboxylic acids is 2. The summed E-state index contributed by atoms with van der Waals surface area (Å²) in [5.74, 6) is -2.43. The van der Waals surface area contributed by atoms with E-state index in [1.54, 1.807) is 0 Å². The lowest BCUT2D eigenvalue weighted by atomic mass is 10.3. The maximum absolute atomic E-state index is 11.5. The van der Waals surface area contributed by atoms with E-state index in [-0.39, 0.29) is 5.69 Å². The van der Waals surface area contributed by atoms with Crippen LogP contribution in [0.15, 0.2) is 6.20 Å². The minimum atomic E-state index is -1.10. The van der Waals surface area contributed by atoms with Crippen molar-refractivity contribution in [1.82, 2.24) is 20.3 Å². The third-order valence-electron chi connectivity index (χ3n) is 1.84. The van der Waals surface area contributed by atoms with E-state index >= 15 is 0 Å². The predicted molar refractivity (Wildman–Crippen MR) is 53.8 cm³/mol. The van der Waals surface area contributed by atoms with Crippen molar-refractivity contribution in [3.8, 4) is 0 Å². The van der Waals surface area contributed by atoms with Gasteiger partial charge in [0.05, 0.1) is 6.20 Å². The zero-order valence-corrected chi connectivity index (χ0v) is 8.95. The molecular weight excluding hydrogens is 230 g/mol. The Hall–Kier alpha value is -2.45. The lowest BCUT2D eigenvalue weighted by molar-refractivity contribution is -0.137. The second-order valence-electron chi connectivity index (χ2n) is 3.29. The largest absolute Gasteiger partial charge is 0.480 e. The van der Waals surface area contributed by atoms with Crippen molar-refractivity contribution in [3.63, 3.8) is 0 Å². The molecule has 9 heteroatoms. The quantitative estimate of drug-likeness (QED) is 0.542. The molecule has 0 spiro atoms. The molecule has 1 unspecified atom stereocenters. The van der Waals surface area contributed by atoms with Gasteiger partial charge in [-0.3, -0.25) is 14.4 Å². The summed E-state index contributed by atoms with van der Waals surface area (Å²) >= 11 is 0. The Bertz CT molecular complexity index is 455. The van der Waals surface area contributed by atoms with E-state index in [9.17, 15) is 14.4 Å². The highest BCUT2D eigenvalue weighted by molar-refractivity contribution is 5.95. The molecule has 4 N–H and O–H groups in total. The van der Waals surface area contributed by atoms with Crippen LogP contribution in [0.1, 0.15) is 17.4 Å². The molecule has 0 aliphatic carbocycles. The number of aromatic nitrogens is 3. The molecule has 1 aromatic rings. The van der Waals surface area contributed by atoms with Gasteiger partial charge in [0, 0.05) is 0 Å². The van der Waals surface area contributed by atoms with Crippen LogP contribution in [0.25, 0.3) is 0 Å². The third-order valence-corrected chi connectivity index (χ3v) is 1.84. The zero-order valence-electron chi connectivity index (χ0n) is 8.95. The topological polar surface area (TPSA) is 140 Å². The Balaban J connectivity index is 2.67. The van der Waals surface area contributed by atoms with Gasteiger partial charge in [0.15, 0.2) is 5.69 Å². The molecule has 0 aliphatic rings. The molecule has 2 amide bonds. The normalized spacial score (nSPS) is 11.8. The number of carbonyl (C=O) groups is 3. The van der Waals surface area contributed by atoms with Gasteiger partial charge >= 0.3 is 5.97 Å². The lowest BCUT2D eigenvalue weighted by Gasteiger charge is -2.07. The number of hydrogen-bond donors (Lipinski definition) is 3. The summed E-state index contributed by atoms with van der Waals surface area (Å²) in [5, 5.41) is 17.7. The van der Waals surface area contributed by atoms with Crippen molar-refractivity contribution in [2.45, 2.75) is 19.5 Å². The van der Waals surface area contributed by atoms with Gasteiger partial charge in [0.1, 0.15) is 12.6 Å². The first-order valence-electron chi connectivity index (χ1n) is 4.62. The maximum atomic E-state index is 11.5. The molecule has 0 saturated carbocycles. The SMILES string of the molecule is CC(NC(=O)c1cn(CC(=O)O)nn1)C(N)=O. The van der Waals surface area contributed by atoms with E-state index in [4.69, 9.17) is 10.8 Å². The van der Waals surface area contributed by atoms with Gasteiger partial charge in [-0.25, -0.2) is 4.68 Å². The fourth-order valence-corrected chi connectivity index (χ4v) is 0.960. The minimum Gasteiger partial charge on any atom is -0.480 e. The van der Waals surface area contributed by atoms with Crippen molar-refractivity contribution in [2.75, 3.05) is 0 Å². The second-order valence-corrected chi connectivity index (χ2v) is 3.29. The Morgan fingerprint density at radius 3 is 2.76 bits per heavy atom. The molecule has 92 valence electrons. The van der Waals surface area contributed by atoms with E-state index in [1.807, 2.05) is 0 Å². The summed E-state index contributed by atoms with van der Waals surface area (Å²) in [4.78, 5) is 32.5. The second kappa shape index (κ2) is 5.05. The summed E-state index contributed by atoms with van der Waals surface area (Å²) in [6.45, 7) is 1.02. The van der Waals surface area contributed by atoms with Crippen molar-refractivity contribution in [3.05, 3.63) is 11.9 Å². The summed E-state index contributed by atoms with van der Waals surface area (Å²) < 4.78 is 0.992. The van der Waals surface area contributed by atoms with E-state index in [0.717, 1.165) is 10.9 Å². The van der Waals surface area contributed by atoms with Gasteiger partial charge in [0.25, 0.3) is 5.91 Å². The molecule has 9 nitrogen and oxygen atoms in total. The van der Waals surface area contributed by atoms with Crippen LogP contribution >= 0.6 is 0 Å². The van der Waals surface area contributed by atoms with Crippen LogP contribution < -0.4 is 11.1 Å². The van der Waals surface area contributed by atoms with Crippen LogP contribution in [0.3, 0.4) is 0 Å². The zero-order chi connectivity index (χ0) is 13.0. The van der Waals surface area contributed by atoms with Gasteiger partial charge in [-0.2, -0.15) is 0 Å². The van der Waals surface area contributed by atoms with Gasteiger partial charge in [0.2, 0.25) is 5.91 Å². The Kier molecular flexibility index (Phi) is 3.75. The molecule has 1 heterocycles. The van der Waals surface area contributed by atoms with Crippen LogP contribution in [0.2, 0.25) is 0 Å². The first-order chi connectivity index (χ1) is 7.90. The van der Waals surface area contributed by atoms with E-state index < -0.39 is 30.4 Å². The molecule has 0 aliphatic heterocycles. The van der Waals surface area contributed by atoms with Gasteiger partial charge in [-0.05, 0) is 6.92 Å². The van der Waals surface area contributed by atoms with Gasteiger partial charge in [-0.1, -0.05) is 5.21 Å². The standard InChI is InChI=1S/C8H11N5O4/c1-4(7(9)16)10-8(17)5-2-13(12-11-5)3-6(14)15/h2,4H,3H2,1H3,(H2,9,16)(H,10,17)(H,14,15). The van der Waals surface area contributed by atoms with E-state index in [1.165, 1.54) is 6.92 Å². The highest BCUT2D eigenvalue weighted by atomic mass is 16.4.